The van der Waals surface area contributed by atoms with Gasteiger partial charge in [-0.2, -0.15) is 13.2 Å². The number of aliphatic carboxylic acids is 1. The van der Waals surface area contributed by atoms with Gasteiger partial charge in [0.1, 0.15) is 19.2 Å². The summed E-state index contributed by atoms with van der Waals surface area (Å²) in [6, 6.07) is 0. The van der Waals surface area contributed by atoms with Crippen molar-refractivity contribution >= 4 is 11.9 Å². The van der Waals surface area contributed by atoms with Crippen LogP contribution in [-0.4, -0.2) is 53.9 Å². The fourth-order valence-corrected chi connectivity index (χ4v) is 1.73. The number of carbonyl (C=O) groups excluding carboxylic acids is 1. The van der Waals surface area contributed by atoms with Gasteiger partial charge in [0.2, 0.25) is 0 Å². The Kier molecular flexibility index (Phi) is 4.94. The van der Waals surface area contributed by atoms with Gasteiger partial charge in [0.05, 0.1) is 0 Å². The normalized spacial score (nSPS) is 20.5. The third-order valence-corrected chi connectivity index (χ3v) is 2.46. The summed E-state index contributed by atoms with van der Waals surface area (Å²) in [5, 5.41) is 8.53. The van der Waals surface area contributed by atoms with Crippen molar-refractivity contribution in [3.05, 3.63) is 0 Å². The first-order chi connectivity index (χ1) is 8.29. The molecule has 0 saturated carbocycles. The fraction of sp³-hybridized carbons (Fsp3) is 0.800. The lowest BCUT2D eigenvalue weighted by molar-refractivity contribution is -0.173. The van der Waals surface area contributed by atoms with Gasteiger partial charge in [0, 0.05) is 6.61 Å². The smallest absolute Gasteiger partial charge is 0.406 e. The Morgan fingerprint density at radius 1 is 1.33 bits per heavy atom. The SMILES string of the molecule is O=C(O)CN(CC(F)(F)F)C(=O)C1CCCCO1. The van der Waals surface area contributed by atoms with Crippen molar-refractivity contribution in [1.82, 2.24) is 4.90 Å². The number of halogens is 3. The molecule has 0 aromatic heterocycles. The lowest BCUT2D eigenvalue weighted by atomic mass is 10.1. The summed E-state index contributed by atoms with van der Waals surface area (Å²) in [4.78, 5) is 22.5. The van der Waals surface area contributed by atoms with Crippen molar-refractivity contribution in [2.75, 3.05) is 19.7 Å². The van der Waals surface area contributed by atoms with Crippen LogP contribution in [-0.2, 0) is 14.3 Å². The van der Waals surface area contributed by atoms with E-state index in [1.165, 1.54) is 0 Å². The van der Waals surface area contributed by atoms with Gasteiger partial charge >= 0.3 is 12.1 Å². The van der Waals surface area contributed by atoms with E-state index in [1.54, 1.807) is 0 Å². The molecule has 1 amide bonds. The summed E-state index contributed by atoms with van der Waals surface area (Å²) in [5.41, 5.74) is 0. The molecule has 0 aliphatic carbocycles. The standard InChI is InChI=1S/C10H14F3NO4/c11-10(12,13)6-14(5-8(15)16)9(17)7-3-1-2-4-18-7/h7H,1-6H2,(H,15,16). The van der Waals surface area contributed by atoms with Crippen LogP contribution >= 0.6 is 0 Å². The Balaban J connectivity index is 2.68. The summed E-state index contributed by atoms with van der Waals surface area (Å²) in [5.74, 6) is -2.39. The van der Waals surface area contributed by atoms with E-state index in [0.29, 0.717) is 19.4 Å². The minimum absolute atomic E-state index is 0.276. The predicted octanol–water partition coefficient (Wildman–Crippen LogP) is 1.03. The lowest BCUT2D eigenvalue weighted by Crippen LogP contribution is -2.48. The number of amides is 1. The highest BCUT2D eigenvalue weighted by molar-refractivity contribution is 5.84. The summed E-state index contributed by atoms with van der Waals surface area (Å²) in [7, 11) is 0. The summed E-state index contributed by atoms with van der Waals surface area (Å²) in [6.45, 7) is -2.24. The Labute approximate surface area is 102 Å². The average Bonchev–Trinajstić information content (AvgIpc) is 2.26. The van der Waals surface area contributed by atoms with Gasteiger partial charge in [0.15, 0.2) is 0 Å². The molecule has 18 heavy (non-hydrogen) atoms. The van der Waals surface area contributed by atoms with E-state index in [2.05, 4.69) is 0 Å². The molecular weight excluding hydrogens is 255 g/mol. The van der Waals surface area contributed by atoms with Crippen LogP contribution in [0.1, 0.15) is 19.3 Å². The van der Waals surface area contributed by atoms with Crippen LogP contribution in [0.5, 0.6) is 0 Å². The molecule has 0 aromatic carbocycles. The predicted molar refractivity (Wildman–Crippen MR) is 53.9 cm³/mol. The minimum Gasteiger partial charge on any atom is -0.480 e. The molecule has 1 N–H and O–H groups in total. The number of alkyl halides is 3. The number of hydrogen-bond donors (Lipinski definition) is 1. The first-order valence-corrected chi connectivity index (χ1v) is 5.48. The van der Waals surface area contributed by atoms with Gasteiger partial charge in [-0.1, -0.05) is 0 Å². The van der Waals surface area contributed by atoms with Crippen molar-refractivity contribution in [2.45, 2.75) is 31.5 Å². The molecule has 1 fully saturated rings. The molecule has 0 bridgehead atoms. The lowest BCUT2D eigenvalue weighted by Gasteiger charge is -2.28. The topological polar surface area (TPSA) is 66.8 Å². The van der Waals surface area contributed by atoms with Crippen molar-refractivity contribution in [3.63, 3.8) is 0 Å². The van der Waals surface area contributed by atoms with Crippen LogP contribution < -0.4 is 0 Å². The molecule has 1 atom stereocenters. The minimum atomic E-state index is -4.63. The molecule has 5 nitrogen and oxygen atoms in total. The number of carboxylic acid groups (broad SMARTS) is 1. The van der Waals surface area contributed by atoms with E-state index in [9.17, 15) is 22.8 Å². The average molecular weight is 269 g/mol. The Hall–Kier alpha value is -1.31. The maximum atomic E-state index is 12.3. The summed E-state index contributed by atoms with van der Waals surface area (Å²) >= 11 is 0. The van der Waals surface area contributed by atoms with E-state index >= 15 is 0 Å². The second-order valence-corrected chi connectivity index (χ2v) is 4.06. The van der Waals surface area contributed by atoms with Crippen LogP contribution in [0.15, 0.2) is 0 Å². The highest BCUT2D eigenvalue weighted by Gasteiger charge is 2.37. The second-order valence-electron chi connectivity index (χ2n) is 4.06. The van der Waals surface area contributed by atoms with Crippen LogP contribution in [0.4, 0.5) is 13.2 Å². The maximum absolute atomic E-state index is 12.3. The number of nitrogens with zero attached hydrogens (tertiary/aromatic N) is 1. The molecule has 0 aromatic rings. The van der Waals surface area contributed by atoms with Gasteiger partial charge in [-0.15, -0.1) is 0 Å². The van der Waals surface area contributed by atoms with E-state index in [0.717, 1.165) is 6.42 Å². The molecule has 1 aliphatic rings. The van der Waals surface area contributed by atoms with Crippen molar-refractivity contribution in [1.29, 1.82) is 0 Å². The van der Waals surface area contributed by atoms with Crippen LogP contribution in [0, 0.1) is 0 Å². The number of carbonyl (C=O) groups is 2. The highest BCUT2D eigenvalue weighted by atomic mass is 19.4. The van der Waals surface area contributed by atoms with Gasteiger partial charge < -0.3 is 14.7 Å². The van der Waals surface area contributed by atoms with E-state index in [1.807, 2.05) is 0 Å². The molecule has 0 radical (unpaired) electrons. The molecule has 1 rings (SSSR count). The summed E-state index contributed by atoms with van der Waals surface area (Å²) in [6.07, 6.45) is -3.82. The largest absolute Gasteiger partial charge is 0.480 e. The van der Waals surface area contributed by atoms with Crippen LogP contribution in [0.25, 0.3) is 0 Å². The Morgan fingerprint density at radius 2 is 2.00 bits per heavy atom. The molecule has 0 spiro atoms. The number of hydrogen-bond acceptors (Lipinski definition) is 3. The molecular formula is C10H14F3NO4. The third kappa shape index (κ3) is 4.91. The van der Waals surface area contributed by atoms with Gasteiger partial charge in [-0.3, -0.25) is 9.59 Å². The molecule has 1 saturated heterocycles. The zero-order valence-electron chi connectivity index (χ0n) is 9.57. The molecule has 1 heterocycles. The zero-order valence-corrected chi connectivity index (χ0v) is 9.57. The van der Waals surface area contributed by atoms with Crippen molar-refractivity contribution in [3.8, 4) is 0 Å². The van der Waals surface area contributed by atoms with Crippen LogP contribution in [0.2, 0.25) is 0 Å². The van der Waals surface area contributed by atoms with E-state index in [4.69, 9.17) is 9.84 Å². The van der Waals surface area contributed by atoms with Crippen molar-refractivity contribution in [2.24, 2.45) is 0 Å². The molecule has 8 heteroatoms. The van der Waals surface area contributed by atoms with E-state index in [-0.39, 0.29) is 4.90 Å². The first kappa shape index (κ1) is 14.7. The number of rotatable bonds is 4. The molecule has 1 unspecified atom stereocenters. The second kappa shape index (κ2) is 6.03. The zero-order chi connectivity index (χ0) is 13.8. The monoisotopic (exact) mass is 269 g/mol. The van der Waals surface area contributed by atoms with Crippen molar-refractivity contribution < 1.29 is 32.6 Å². The van der Waals surface area contributed by atoms with Crippen LogP contribution in [0.3, 0.4) is 0 Å². The summed E-state index contributed by atoms with van der Waals surface area (Å²) < 4.78 is 41.8. The molecule has 104 valence electrons. The Bertz CT molecular complexity index is 313. The Morgan fingerprint density at radius 3 is 2.44 bits per heavy atom. The fourth-order valence-electron chi connectivity index (χ4n) is 1.73. The number of carboxylic acids is 1. The van der Waals surface area contributed by atoms with E-state index < -0.39 is 37.2 Å². The maximum Gasteiger partial charge on any atom is 0.406 e. The first-order valence-electron chi connectivity index (χ1n) is 5.48. The van der Waals surface area contributed by atoms with Gasteiger partial charge in [-0.25, -0.2) is 0 Å². The highest BCUT2D eigenvalue weighted by Crippen LogP contribution is 2.20. The third-order valence-electron chi connectivity index (χ3n) is 2.46. The quantitative estimate of drug-likeness (QED) is 0.827. The van der Waals surface area contributed by atoms with Gasteiger partial charge in [0.25, 0.3) is 5.91 Å². The molecule has 1 aliphatic heterocycles. The number of ether oxygens (including phenoxy) is 1. The van der Waals surface area contributed by atoms with Gasteiger partial charge in [-0.05, 0) is 19.3 Å².